The van der Waals surface area contributed by atoms with Crippen LogP contribution in [0.3, 0.4) is 0 Å². The SMILES string of the molecule is COc1ccc2c(c1)[C@]1(SCCN1C(=O)c1cccs1)C(=O)N2Cc1ccc(F)c(F)c1. The molecule has 0 unspecified atom stereocenters. The van der Waals surface area contributed by atoms with E-state index in [1.165, 1.54) is 34.1 Å². The van der Waals surface area contributed by atoms with Crippen molar-refractivity contribution in [3.63, 3.8) is 0 Å². The van der Waals surface area contributed by atoms with Gasteiger partial charge in [-0.2, -0.15) is 0 Å². The van der Waals surface area contributed by atoms with E-state index >= 15 is 0 Å². The van der Waals surface area contributed by atoms with Crippen LogP contribution in [-0.4, -0.2) is 36.1 Å². The molecule has 2 amide bonds. The molecule has 5 nitrogen and oxygen atoms in total. The van der Waals surface area contributed by atoms with Crippen molar-refractivity contribution in [1.82, 2.24) is 4.90 Å². The van der Waals surface area contributed by atoms with E-state index < -0.39 is 16.5 Å². The van der Waals surface area contributed by atoms with Crippen LogP contribution >= 0.6 is 23.1 Å². The third-order valence-electron chi connectivity index (χ3n) is 5.70. The molecule has 164 valence electrons. The molecule has 0 saturated carbocycles. The Labute approximate surface area is 191 Å². The maximum Gasteiger partial charge on any atom is 0.268 e. The van der Waals surface area contributed by atoms with Crippen LogP contribution in [0.15, 0.2) is 53.9 Å². The van der Waals surface area contributed by atoms with Crippen molar-refractivity contribution in [3.05, 3.63) is 81.5 Å². The number of rotatable bonds is 4. The average molecular weight is 473 g/mol. The van der Waals surface area contributed by atoms with Gasteiger partial charge in [0.2, 0.25) is 0 Å². The molecule has 3 aromatic rings. The van der Waals surface area contributed by atoms with Crippen LogP contribution in [0.2, 0.25) is 0 Å². The molecule has 9 heteroatoms. The Morgan fingerprint density at radius 3 is 2.72 bits per heavy atom. The molecule has 0 bridgehead atoms. The Kier molecular flexibility index (Phi) is 5.17. The second-order valence-electron chi connectivity index (χ2n) is 7.45. The number of thiophene rings is 1. The van der Waals surface area contributed by atoms with Gasteiger partial charge in [-0.3, -0.25) is 9.59 Å². The number of nitrogens with zero attached hydrogens (tertiary/aromatic N) is 2. The molecule has 2 aliphatic heterocycles. The fourth-order valence-corrected chi connectivity index (χ4v) is 6.36. The fourth-order valence-electron chi connectivity index (χ4n) is 4.23. The number of benzene rings is 2. The van der Waals surface area contributed by atoms with Crippen LogP contribution in [0, 0.1) is 11.6 Å². The van der Waals surface area contributed by atoms with Gasteiger partial charge in [-0.05, 0) is 47.3 Å². The Hall–Kier alpha value is -2.91. The normalized spacial score (nSPS) is 19.7. The van der Waals surface area contributed by atoms with E-state index in [4.69, 9.17) is 4.74 Å². The molecule has 3 heterocycles. The van der Waals surface area contributed by atoms with Gasteiger partial charge in [0.1, 0.15) is 5.75 Å². The number of carbonyl (C=O) groups is 2. The molecular weight excluding hydrogens is 454 g/mol. The number of fused-ring (bicyclic) bond motifs is 2. The number of amides is 2. The van der Waals surface area contributed by atoms with Gasteiger partial charge in [0.15, 0.2) is 16.5 Å². The van der Waals surface area contributed by atoms with E-state index in [0.717, 1.165) is 12.1 Å². The number of hydrogen-bond acceptors (Lipinski definition) is 5. The van der Waals surface area contributed by atoms with E-state index in [9.17, 15) is 18.4 Å². The van der Waals surface area contributed by atoms with Gasteiger partial charge < -0.3 is 14.5 Å². The second kappa shape index (κ2) is 7.90. The Balaban J connectivity index is 1.61. The highest BCUT2D eigenvalue weighted by Crippen LogP contribution is 2.55. The number of anilines is 1. The minimum Gasteiger partial charge on any atom is -0.497 e. The van der Waals surface area contributed by atoms with Crippen LogP contribution in [0.4, 0.5) is 14.5 Å². The summed E-state index contributed by atoms with van der Waals surface area (Å²) in [4.78, 5) is 29.8. The van der Waals surface area contributed by atoms with Gasteiger partial charge in [0.05, 0.1) is 24.2 Å². The zero-order valence-electron chi connectivity index (χ0n) is 17.0. The molecule has 1 atom stereocenters. The lowest BCUT2D eigenvalue weighted by molar-refractivity contribution is -0.123. The zero-order valence-corrected chi connectivity index (χ0v) is 18.6. The van der Waals surface area contributed by atoms with E-state index in [1.807, 2.05) is 5.38 Å². The first-order valence-electron chi connectivity index (χ1n) is 9.89. The van der Waals surface area contributed by atoms with E-state index in [2.05, 4.69) is 0 Å². The van der Waals surface area contributed by atoms with Gasteiger partial charge >= 0.3 is 0 Å². The topological polar surface area (TPSA) is 49.9 Å². The van der Waals surface area contributed by atoms with Crippen LogP contribution in [0.1, 0.15) is 20.8 Å². The first-order valence-corrected chi connectivity index (χ1v) is 11.8. The summed E-state index contributed by atoms with van der Waals surface area (Å²) < 4.78 is 32.6. The van der Waals surface area contributed by atoms with Crippen molar-refractivity contribution in [3.8, 4) is 5.75 Å². The van der Waals surface area contributed by atoms with Crippen molar-refractivity contribution in [1.29, 1.82) is 0 Å². The molecule has 2 aliphatic rings. The fraction of sp³-hybridized carbons (Fsp3) is 0.217. The number of halogens is 2. The van der Waals surface area contributed by atoms with E-state index in [-0.39, 0.29) is 18.4 Å². The summed E-state index contributed by atoms with van der Waals surface area (Å²) >= 11 is 2.73. The number of hydrogen-bond donors (Lipinski definition) is 0. The highest BCUT2D eigenvalue weighted by atomic mass is 32.2. The lowest BCUT2D eigenvalue weighted by atomic mass is 10.0. The molecule has 1 spiro atoms. The predicted octanol–water partition coefficient (Wildman–Crippen LogP) is 4.62. The smallest absolute Gasteiger partial charge is 0.268 e. The quantitative estimate of drug-likeness (QED) is 0.556. The highest BCUT2D eigenvalue weighted by molar-refractivity contribution is 8.01. The largest absolute Gasteiger partial charge is 0.497 e. The van der Waals surface area contributed by atoms with Crippen molar-refractivity contribution in [2.45, 2.75) is 11.4 Å². The molecule has 1 aromatic heterocycles. The standard InChI is InChI=1S/C23H18F2N2O3S2/c1-30-15-5-7-19-16(12-15)23(27(8-10-32-23)21(28)20-3-2-9-31-20)22(29)26(19)13-14-4-6-17(24)18(25)11-14/h2-7,9,11-12H,8,10,13H2,1H3/t23-/m0/s1. The van der Waals surface area contributed by atoms with Crippen molar-refractivity contribution in [2.24, 2.45) is 0 Å². The highest BCUT2D eigenvalue weighted by Gasteiger charge is 2.59. The third-order valence-corrected chi connectivity index (χ3v) is 7.98. The maximum atomic E-state index is 13.9. The minimum atomic E-state index is -1.23. The molecular formula is C23H18F2N2O3S2. The average Bonchev–Trinajstić information content (AvgIpc) is 3.53. The number of carbonyl (C=O) groups excluding carboxylic acids is 2. The van der Waals surface area contributed by atoms with Gasteiger partial charge in [0.25, 0.3) is 11.8 Å². The number of methoxy groups -OCH3 is 1. The van der Waals surface area contributed by atoms with Gasteiger partial charge in [-0.25, -0.2) is 8.78 Å². The molecule has 32 heavy (non-hydrogen) atoms. The van der Waals surface area contributed by atoms with Crippen LogP contribution in [0.25, 0.3) is 0 Å². The van der Waals surface area contributed by atoms with E-state index in [1.54, 1.807) is 42.3 Å². The zero-order chi connectivity index (χ0) is 22.5. The van der Waals surface area contributed by atoms with Crippen molar-refractivity contribution < 1.29 is 23.1 Å². The summed E-state index contributed by atoms with van der Waals surface area (Å²) in [5.74, 6) is -1.23. The predicted molar refractivity (Wildman–Crippen MR) is 120 cm³/mol. The Morgan fingerprint density at radius 2 is 2.00 bits per heavy atom. The molecule has 1 fully saturated rings. The second-order valence-corrected chi connectivity index (χ2v) is 9.68. The Bertz CT molecular complexity index is 1220. The lowest BCUT2D eigenvalue weighted by Crippen LogP contribution is -2.50. The minimum absolute atomic E-state index is 0.0543. The molecule has 0 radical (unpaired) electrons. The summed E-state index contributed by atoms with van der Waals surface area (Å²) in [6.07, 6.45) is 0. The van der Waals surface area contributed by atoms with Crippen LogP contribution in [-0.2, 0) is 16.2 Å². The summed E-state index contributed by atoms with van der Waals surface area (Å²) in [6.45, 7) is 0.474. The molecule has 5 rings (SSSR count). The third kappa shape index (κ3) is 3.10. The maximum absolute atomic E-state index is 13.9. The Morgan fingerprint density at radius 1 is 1.16 bits per heavy atom. The number of thioether (sulfide) groups is 1. The summed E-state index contributed by atoms with van der Waals surface area (Å²) in [5, 5.41) is 1.83. The molecule has 1 saturated heterocycles. The summed E-state index contributed by atoms with van der Waals surface area (Å²) in [7, 11) is 1.54. The lowest BCUT2D eigenvalue weighted by Gasteiger charge is -2.33. The van der Waals surface area contributed by atoms with Crippen LogP contribution in [0.5, 0.6) is 5.75 Å². The van der Waals surface area contributed by atoms with Crippen LogP contribution < -0.4 is 9.64 Å². The molecule has 0 aliphatic carbocycles. The molecule has 2 aromatic carbocycles. The van der Waals surface area contributed by atoms with Crippen molar-refractivity contribution >= 4 is 40.6 Å². The monoisotopic (exact) mass is 472 g/mol. The summed E-state index contributed by atoms with van der Waals surface area (Å²) in [5.41, 5.74) is 1.74. The number of ether oxygens (including phenoxy) is 1. The van der Waals surface area contributed by atoms with Crippen molar-refractivity contribution in [2.75, 3.05) is 24.3 Å². The van der Waals surface area contributed by atoms with Gasteiger partial charge in [-0.15, -0.1) is 23.1 Å². The first kappa shape index (κ1) is 21.0. The van der Waals surface area contributed by atoms with E-state index in [0.29, 0.717) is 39.7 Å². The van der Waals surface area contributed by atoms with Gasteiger partial charge in [0, 0.05) is 17.9 Å². The first-order chi connectivity index (χ1) is 15.5. The summed E-state index contributed by atoms with van der Waals surface area (Å²) in [6, 6.07) is 12.4. The van der Waals surface area contributed by atoms with Gasteiger partial charge in [-0.1, -0.05) is 12.1 Å². The molecule has 0 N–H and O–H groups in total.